The van der Waals surface area contributed by atoms with Gasteiger partial charge < -0.3 is 9.47 Å². The number of hydrogen-bond donors (Lipinski definition) is 0. The molecule has 0 aliphatic carbocycles. The predicted octanol–water partition coefficient (Wildman–Crippen LogP) is 3.96. The first-order valence-corrected chi connectivity index (χ1v) is 9.22. The van der Waals surface area contributed by atoms with Gasteiger partial charge in [0.05, 0.1) is 17.4 Å². The summed E-state index contributed by atoms with van der Waals surface area (Å²) < 4.78 is 1.91. The third kappa shape index (κ3) is 2.78. The van der Waals surface area contributed by atoms with Crippen LogP contribution in [0.5, 0.6) is 0 Å². The molecule has 3 aromatic rings. The first kappa shape index (κ1) is 15.5. The quantitative estimate of drug-likeness (QED) is 0.712. The lowest BCUT2D eigenvalue weighted by atomic mass is 10.2. The van der Waals surface area contributed by atoms with Crippen LogP contribution in [0, 0.1) is 0 Å². The Kier molecular flexibility index (Phi) is 4.21. The third-order valence-corrected chi connectivity index (χ3v) is 5.80. The summed E-state index contributed by atoms with van der Waals surface area (Å²) in [6.45, 7) is 1.04. The first-order chi connectivity index (χ1) is 11.7. The van der Waals surface area contributed by atoms with E-state index in [0.29, 0.717) is 11.6 Å². The third-order valence-electron chi connectivity index (χ3n) is 4.22. The van der Waals surface area contributed by atoms with Gasteiger partial charge in [-0.1, -0.05) is 41.9 Å². The molecule has 4 nitrogen and oxygen atoms in total. The Morgan fingerprint density at radius 3 is 2.88 bits per heavy atom. The molecular formula is C18H16ClN3OS. The average molecular weight is 358 g/mol. The maximum Gasteiger partial charge on any atom is 0.243 e. The van der Waals surface area contributed by atoms with Crippen LogP contribution in [0.3, 0.4) is 0 Å². The number of imidazole rings is 1. The summed E-state index contributed by atoms with van der Waals surface area (Å²) >= 11 is 8.09. The summed E-state index contributed by atoms with van der Waals surface area (Å²) in [4.78, 5) is 19.1. The molecule has 0 saturated carbocycles. The Hall–Kier alpha value is -1.98. The molecule has 2 heterocycles. The van der Waals surface area contributed by atoms with Crippen molar-refractivity contribution in [2.45, 2.75) is 11.9 Å². The number of aromatic nitrogens is 2. The van der Waals surface area contributed by atoms with Crippen LogP contribution in [-0.4, -0.2) is 32.7 Å². The molecule has 24 heavy (non-hydrogen) atoms. The van der Waals surface area contributed by atoms with Crippen molar-refractivity contribution >= 4 is 40.3 Å². The minimum atomic E-state index is -0.0130. The molecule has 4 rings (SSSR count). The number of fused-ring (bicyclic) bond motifs is 1. The van der Waals surface area contributed by atoms with E-state index in [2.05, 4.69) is 4.98 Å². The summed E-state index contributed by atoms with van der Waals surface area (Å²) in [5, 5.41) is 0.698. The molecule has 1 saturated heterocycles. The lowest BCUT2D eigenvalue weighted by molar-refractivity contribution is -0.131. The number of carbonyl (C=O) groups excluding carboxylic acids is 1. The van der Waals surface area contributed by atoms with E-state index in [-0.39, 0.29) is 11.3 Å². The second kappa shape index (κ2) is 6.49. The van der Waals surface area contributed by atoms with Gasteiger partial charge in [-0.3, -0.25) is 4.79 Å². The molecular weight excluding hydrogens is 342 g/mol. The van der Waals surface area contributed by atoms with Crippen molar-refractivity contribution in [1.29, 1.82) is 0 Å². The number of benzene rings is 2. The van der Waals surface area contributed by atoms with E-state index in [1.807, 2.05) is 58.0 Å². The van der Waals surface area contributed by atoms with Crippen molar-refractivity contribution in [3.05, 3.63) is 65.4 Å². The van der Waals surface area contributed by atoms with Gasteiger partial charge in [0.2, 0.25) is 5.91 Å². The number of amides is 1. The van der Waals surface area contributed by atoms with E-state index in [1.54, 1.807) is 18.1 Å². The van der Waals surface area contributed by atoms with Gasteiger partial charge in [0, 0.05) is 22.9 Å². The van der Waals surface area contributed by atoms with E-state index in [4.69, 9.17) is 11.6 Å². The fourth-order valence-corrected chi connectivity index (χ4v) is 4.65. The fraction of sp³-hybridized carbons (Fsp3) is 0.222. The SMILES string of the molecule is O=C(Cn1cnc2ccccc21)N1CCSC1c1ccccc1Cl. The standard InChI is InChI=1S/C18H16ClN3OS/c19-14-6-2-1-5-13(14)18-22(9-10-24-18)17(23)11-21-12-20-15-7-3-4-8-16(15)21/h1-8,12,18H,9-11H2. The summed E-state index contributed by atoms with van der Waals surface area (Å²) in [5.74, 6) is 1.01. The molecule has 1 aromatic heterocycles. The maximum absolute atomic E-state index is 12.9. The summed E-state index contributed by atoms with van der Waals surface area (Å²) in [7, 11) is 0. The Labute approximate surface area is 149 Å². The Morgan fingerprint density at radius 2 is 2.00 bits per heavy atom. The predicted molar refractivity (Wildman–Crippen MR) is 98.1 cm³/mol. The number of thioether (sulfide) groups is 1. The highest BCUT2D eigenvalue weighted by molar-refractivity contribution is 7.99. The van der Waals surface area contributed by atoms with E-state index < -0.39 is 0 Å². The van der Waals surface area contributed by atoms with Crippen LogP contribution in [0.4, 0.5) is 0 Å². The second-order valence-electron chi connectivity index (χ2n) is 5.69. The van der Waals surface area contributed by atoms with E-state index in [0.717, 1.165) is 28.9 Å². The van der Waals surface area contributed by atoms with Crippen LogP contribution in [0.15, 0.2) is 54.9 Å². The highest BCUT2D eigenvalue weighted by atomic mass is 35.5. The molecule has 1 fully saturated rings. The van der Waals surface area contributed by atoms with E-state index in [1.165, 1.54) is 0 Å². The molecule has 2 aromatic carbocycles. The van der Waals surface area contributed by atoms with Gasteiger partial charge in [-0.25, -0.2) is 4.98 Å². The van der Waals surface area contributed by atoms with E-state index in [9.17, 15) is 4.79 Å². The number of hydrogen-bond acceptors (Lipinski definition) is 3. The molecule has 0 bridgehead atoms. The zero-order chi connectivity index (χ0) is 16.5. The average Bonchev–Trinajstić information content (AvgIpc) is 3.23. The monoisotopic (exact) mass is 357 g/mol. The van der Waals surface area contributed by atoms with Crippen LogP contribution >= 0.6 is 23.4 Å². The van der Waals surface area contributed by atoms with Gasteiger partial charge in [-0.2, -0.15) is 0 Å². The number of halogens is 1. The van der Waals surface area contributed by atoms with Gasteiger partial charge in [0.1, 0.15) is 11.9 Å². The van der Waals surface area contributed by atoms with Crippen LogP contribution in [0.1, 0.15) is 10.9 Å². The normalized spacial score (nSPS) is 17.5. The molecule has 0 N–H and O–H groups in total. The molecule has 6 heteroatoms. The lowest BCUT2D eigenvalue weighted by Gasteiger charge is -2.25. The van der Waals surface area contributed by atoms with Crippen molar-refractivity contribution in [1.82, 2.24) is 14.5 Å². The highest BCUT2D eigenvalue weighted by Crippen LogP contribution is 2.40. The van der Waals surface area contributed by atoms with Crippen molar-refractivity contribution < 1.29 is 4.79 Å². The molecule has 1 aliphatic heterocycles. The fourth-order valence-electron chi connectivity index (χ4n) is 3.03. The first-order valence-electron chi connectivity index (χ1n) is 7.79. The number of rotatable bonds is 3. The van der Waals surface area contributed by atoms with Crippen LogP contribution < -0.4 is 0 Å². The van der Waals surface area contributed by atoms with Gasteiger partial charge in [-0.15, -0.1) is 11.8 Å². The van der Waals surface area contributed by atoms with E-state index >= 15 is 0 Å². The topological polar surface area (TPSA) is 38.1 Å². The Bertz CT molecular complexity index is 895. The number of carbonyl (C=O) groups is 1. The highest BCUT2D eigenvalue weighted by Gasteiger charge is 2.31. The molecule has 0 spiro atoms. The van der Waals surface area contributed by atoms with Crippen molar-refractivity contribution in [3.8, 4) is 0 Å². The molecule has 122 valence electrons. The zero-order valence-electron chi connectivity index (χ0n) is 12.9. The van der Waals surface area contributed by atoms with Gasteiger partial charge >= 0.3 is 0 Å². The van der Waals surface area contributed by atoms with Crippen molar-refractivity contribution in [2.75, 3.05) is 12.3 Å². The lowest BCUT2D eigenvalue weighted by Crippen LogP contribution is -2.33. The Balaban J connectivity index is 1.58. The molecule has 1 unspecified atom stereocenters. The second-order valence-corrected chi connectivity index (χ2v) is 7.29. The van der Waals surface area contributed by atoms with Crippen LogP contribution in [-0.2, 0) is 11.3 Å². The van der Waals surface area contributed by atoms with Crippen molar-refractivity contribution in [2.24, 2.45) is 0 Å². The number of para-hydroxylation sites is 2. The zero-order valence-corrected chi connectivity index (χ0v) is 14.5. The molecule has 1 atom stereocenters. The maximum atomic E-state index is 12.9. The number of nitrogens with zero attached hydrogens (tertiary/aromatic N) is 3. The van der Waals surface area contributed by atoms with Crippen LogP contribution in [0.2, 0.25) is 5.02 Å². The van der Waals surface area contributed by atoms with Gasteiger partial charge in [-0.05, 0) is 18.2 Å². The molecule has 1 amide bonds. The summed E-state index contributed by atoms with van der Waals surface area (Å²) in [6, 6.07) is 15.6. The smallest absolute Gasteiger partial charge is 0.243 e. The van der Waals surface area contributed by atoms with Gasteiger partial charge in [0.15, 0.2) is 0 Å². The van der Waals surface area contributed by atoms with Crippen molar-refractivity contribution in [3.63, 3.8) is 0 Å². The summed E-state index contributed by atoms with van der Waals surface area (Å²) in [6.07, 6.45) is 1.73. The Morgan fingerprint density at radius 1 is 1.21 bits per heavy atom. The van der Waals surface area contributed by atoms with Crippen LogP contribution in [0.25, 0.3) is 11.0 Å². The molecule has 0 radical (unpaired) electrons. The van der Waals surface area contributed by atoms with Gasteiger partial charge in [0.25, 0.3) is 0 Å². The molecule has 1 aliphatic rings. The largest absolute Gasteiger partial charge is 0.324 e. The summed E-state index contributed by atoms with van der Waals surface area (Å²) in [5.41, 5.74) is 2.89. The minimum absolute atomic E-state index is 0.0130. The minimum Gasteiger partial charge on any atom is -0.324 e.